The van der Waals surface area contributed by atoms with Crippen molar-refractivity contribution in [3.63, 3.8) is 0 Å². The SMILES string of the molecule is O=C(CCCc1cn[nH]c1)NCc1ccc(C(=O)O)o1. The number of carboxylic acid groups (broad SMARTS) is 1. The first kappa shape index (κ1) is 13.9. The number of aromatic amines is 1. The summed E-state index contributed by atoms with van der Waals surface area (Å²) in [6.45, 7) is 0.192. The van der Waals surface area contributed by atoms with Crippen LogP contribution < -0.4 is 5.32 Å². The lowest BCUT2D eigenvalue weighted by Gasteiger charge is -2.02. The number of carboxylic acids is 1. The van der Waals surface area contributed by atoms with E-state index in [4.69, 9.17) is 9.52 Å². The molecule has 0 aliphatic carbocycles. The van der Waals surface area contributed by atoms with Gasteiger partial charge in [0, 0.05) is 12.6 Å². The normalized spacial score (nSPS) is 10.4. The van der Waals surface area contributed by atoms with Crippen LogP contribution in [0.4, 0.5) is 0 Å². The number of nitrogens with one attached hydrogen (secondary N) is 2. The summed E-state index contributed by atoms with van der Waals surface area (Å²) < 4.78 is 5.03. The molecule has 0 fully saturated rings. The van der Waals surface area contributed by atoms with Crippen LogP contribution in [0.3, 0.4) is 0 Å². The van der Waals surface area contributed by atoms with Gasteiger partial charge in [-0.3, -0.25) is 9.89 Å². The van der Waals surface area contributed by atoms with Crippen molar-refractivity contribution in [1.82, 2.24) is 15.5 Å². The molecule has 0 bridgehead atoms. The predicted octanol–water partition coefficient (Wildman–Crippen LogP) is 1.34. The van der Waals surface area contributed by atoms with Crippen molar-refractivity contribution in [3.05, 3.63) is 41.6 Å². The van der Waals surface area contributed by atoms with E-state index in [1.165, 1.54) is 12.1 Å². The lowest BCUT2D eigenvalue weighted by Crippen LogP contribution is -2.22. The van der Waals surface area contributed by atoms with Crippen LogP contribution in [0.5, 0.6) is 0 Å². The Morgan fingerprint density at radius 3 is 2.90 bits per heavy atom. The molecule has 0 aliphatic heterocycles. The number of amides is 1. The van der Waals surface area contributed by atoms with E-state index in [0.717, 1.165) is 18.4 Å². The maximum Gasteiger partial charge on any atom is 0.371 e. The van der Waals surface area contributed by atoms with E-state index in [-0.39, 0.29) is 18.2 Å². The zero-order chi connectivity index (χ0) is 14.4. The fraction of sp³-hybridized carbons (Fsp3) is 0.308. The maximum atomic E-state index is 11.6. The number of aryl methyl sites for hydroxylation is 1. The monoisotopic (exact) mass is 277 g/mol. The zero-order valence-electron chi connectivity index (χ0n) is 10.8. The van der Waals surface area contributed by atoms with Crippen LogP contribution in [0.15, 0.2) is 28.9 Å². The fourth-order valence-corrected chi connectivity index (χ4v) is 1.73. The van der Waals surface area contributed by atoms with Crippen LogP contribution in [0, 0.1) is 0 Å². The number of H-pyrrole nitrogens is 1. The van der Waals surface area contributed by atoms with E-state index in [2.05, 4.69) is 15.5 Å². The van der Waals surface area contributed by atoms with Gasteiger partial charge in [-0.05, 0) is 30.5 Å². The van der Waals surface area contributed by atoms with Gasteiger partial charge in [0.25, 0.3) is 0 Å². The molecule has 0 saturated heterocycles. The van der Waals surface area contributed by atoms with Gasteiger partial charge in [0.2, 0.25) is 11.7 Å². The van der Waals surface area contributed by atoms with Crippen LogP contribution in [-0.4, -0.2) is 27.2 Å². The summed E-state index contributed by atoms with van der Waals surface area (Å²) in [4.78, 5) is 22.2. The van der Waals surface area contributed by atoms with Crippen molar-refractivity contribution in [2.24, 2.45) is 0 Å². The predicted molar refractivity (Wildman–Crippen MR) is 69.0 cm³/mol. The summed E-state index contributed by atoms with van der Waals surface area (Å²) in [6, 6.07) is 2.90. The van der Waals surface area contributed by atoms with Gasteiger partial charge in [-0.2, -0.15) is 5.10 Å². The number of carbonyl (C=O) groups excluding carboxylic acids is 1. The van der Waals surface area contributed by atoms with Crippen molar-refractivity contribution >= 4 is 11.9 Å². The zero-order valence-corrected chi connectivity index (χ0v) is 10.8. The minimum absolute atomic E-state index is 0.0956. The van der Waals surface area contributed by atoms with E-state index < -0.39 is 5.97 Å². The number of carbonyl (C=O) groups is 2. The van der Waals surface area contributed by atoms with Gasteiger partial charge in [0.15, 0.2) is 0 Å². The van der Waals surface area contributed by atoms with Crippen molar-refractivity contribution in [2.45, 2.75) is 25.8 Å². The minimum Gasteiger partial charge on any atom is -0.475 e. The second-order valence-corrected chi connectivity index (χ2v) is 4.31. The van der Waals surface area contributed by atoms with E-state index in [9.17, 15) is 9.59 Å². The molecule has 2 aromatic heterocycles. The molecule has 0 saturated carbocycles. The average molecular weight is 277 g/mol. The molecule has 0 unspecified atom stereocenters. The van der Waals surface area contributed by atoms with E-state index in [1.54, 1.807) is 12.4 Å². The Balaban J connectivity index is 1.67. The number of rotatable bonds is 7. The van der Waals surface area contributed by atoms with Gasteiger partial charge in [0.1, 0.15) is 5.76 Å². The molecule has 0 aromatic carbocycles. The Bertz CT molecular complexity index is 574. The molecule has 7 nitrogen and oxygen atoms in total. The molecule has 0 radical (unpaired) electrons. The highest BCUT2D eigenvalue weighted by Gasteiger charge is 2.09. The first-order valence-electron chi connectivity index (χ1n) is 6.21. The molecule has 106 valence electrons. The number of furan rings is 1. The Labute approximate surface area is 115 Å². The fourth-order valence-electron chi connectivity index (χ4n) is 1.73. The van der Waals surface area contributed by atoms with Crippen molar-refractivity contribution < 1.29 is 19.1 Å². The number of aromatic nitrogens is 2. The molecule has 20 heavy (non-hydrogen) atoms. The highest BCUT2D eigenvalue weighted by atomic mass is 16.4. The van der Waals surface area contributed by atoms with Crippen molar-refractivity contribution in [2.75, 3.05) is 0 Å². The molecule has 2 rings (SSSR count). The van der Waals surface area contributed by atoms with Crippen LogP contribution in [0.25, 0.3) is 0 Å². The van der Waals surface area contributed by atoms with E-state index >= 15 is 0 Å². The van der Waals surface area contributed by atoms with Gasteiger partial charge in [0.05, 0.1) is 12.7 Å². The molecular formula is C13H15N3O4. The second kappa shape index (κ2) is 6.55. The Kier molecular flexibility index (Phi) is 4.54. The molecule has 2 heterocycles. The molecule has 7 heteroatoms. The standard InChI is InChI=1S/C13H15N3O4/c17-12(3-1-2-9-6-15-16-7-9)14-8-10-4-5-11(20-10)13(18)19/h4-7H,1-3,8H2,(H,14,17)(H,15,16)(H,18,19). The smallest absolute Gasteiger partial charge is 0.371 e. The topological polar surface area (TPSA) is 108 Å². The lowest BCUT2D eigenvalue weighted by atomic mass is 10.1. The van der Waals surface area contributed by atoms with Crippen LogP contribution in [0.2, 0.25) is 0 Å². The molecule has 3 N–H and O–H groups in total. The Morgan fingerprint density at radius 2 is 2.25 bits per heavy atom. The third kappa shape index (κ3) is 3.98. The Morgan fingerprint density at radius 1 is 1.40 bits per heavy atom. The first-order valence-corrected chi connectivity index (χ1v) is 6.21. The summed E-state index contributed by atoms with van der Waals surface area (Å²) in [6.07, 6.45) is 5.44. The van der Waals surface area contributed by atoms with Crippen LogP contribution in [0.1, 0.15) is 34.7 Å². The summed E-state index contributed by atoms with van der Waals surface area (Å²) in [5, 5.41) is 17.9. The number of aromatic carboxylic acids is 1. The lowest BCUT2D eigenvalue weighted by molar-refractivity contribution is -0.121. The second-order valence-electron chi connectivity index (χ2n) is 4.31. The molecule has 0 atom stereocenters. The highest BCUT2D eigenvalue weighted by molar-refractivity contribution is 5.84. The van der Waals surface area contributed by atoms with Crippen LogP contribution >= 0.6 is 0 Å². The van der Waals surface area contributed by atoms with E-state index in [0.29, 0.717) is 12.2 Å². The van der Waals surface area contributed by atoms with Crippen molar-refractivity contribution in [3.8, 4) is 0 Å². The van der Waals surface area contributed by atoms with Gasteiger partial charge >= 0.3 is 5.97 Å². The highest BCUT2D eigenvalue weighted by Crippen LogP contribution is 2.08. The summed E-state index contributed by atoms with van der Waals surface area (Å²) in [7, 11) is 0. The number of hydrogen-bond acceptors (Lipinski definition) is 4. The van der Waals surface area contributed by atoms with Crippen molar-refractivity contribution in [1.29, 1.82) is 0 Å². The van der Waals surface area contributed by atoms with Gasteiger partial charge in [-0.15, -0.1) is 0 Å². The van der Waals surface area contributed by atoms with E-state index in [1.807, 2.05) is 0 Å². The van der Waals surface area contributed by atoms with Gasteiger partial charge < -0.3 is 14.8 Å². The number of nitrogens with zero attached hydrogens (tertiary/aromatic N) is 1. The maximum absolute atomic E-state index is 11.6. The largest absolute Gasteiger partial charge is 0.475 e. The molecular weight excluding hydrogens is 262 g/mol. The molecule has 0 aliphatic rings. The first-order chi connectivity index (χ1) is 9.65. The molecule has 1 amide bonds. The average Bonchev–Trinajstić information content (AvgIpc) is 3.07. The molecule has 2 aromatic rings. The molecule has 0 spiro atoms. The van der Waals surface area contributed by atoms with Gasteiger partial charge in [-0.25, -0.2) is 4.79 Å². The summed E-state index contributed by atoms with van der Waals surface area (Å²) in [5.74, 6) is -0.927. The van der Waals surface area contributed by atoms with Crippen LogP contribution in [-0.2, 0) is 17.8 Å². The minimum atomic E-state index is -1.12. The Hall–Kier alpha value is -2.57. The third-order valence-electron chi connectivity index (χ3n) is 2.76. The summed E-state index contributed by atoms with van der Waals surface area (Å²) >= 11 is 0. The quantitative estimate of drug-likeness (QED) is 0.707. The third-order valence-corrected chi connectivity index (χ3v) is 2.76. The summed E-state index contributed by atoms with van der Waals surface area (Å²) in [5.41, 5.74) is 1.06. The number of hydrogen-bond donors (Lipinski definition) is 3. The van der Waals surface area contributed by atoms with Gasteiger partial charge in [-0.1, -0.05) is 0 Å².